The summed E-state index contributed by atoms with van der Waals surface area (Å²) in [6.07, 6.45) is 14.9. The van der Waals surface area contributed by atoms with Gasteiger partial charge in [0.2, 0.25) is 0 Å². The minimum atomic E-state index is -0.295. The van der Waals surface area contributed by atoms with E-state index in [2.05, 4.69) is 9.98 Å². The first-order chi connectivity index (χ1) is 27.6. The first-order valence-electron chi connectivity index (χ1n) is 19.9. The number of nitrogens with zero attached hydrogens (tertiary/aromatic N) is 2. The molecule has 2 aliphatic rings. The number of benzene rings is 4. The summed E-state index contributed by atoms with van der Waals surface area (Å²) in [7, 11) is 0. The second kappa shape index (κ2) is 22.3. The van der Waals surface area contributed by atoms with Gasteiger partial charge in [-0.2, -0.15) is 0 Å². The van der Waals surface area contributed by atoms with Crippen molar-refractivity contribution in [3.63, 3.8) is 0 Å². The summed E-state index contributed by atoms with van der Waals surface area (Å²) in [5.74, 6) is 1.01. The Kier molecular flexibility index (Phi) is 16.1. The molecule has 294 valence electrons. The van der Waals surface area contributed by atoms with E-state index in [4.69, 9.17) is 28.4 Å². The lowest BCUT2D eigenvalue weighted by atomic mass is 10.1. The van der Waals surface area contributed by atoms with Gasteiger partial charge < -0.3 is 28.4 Å². The highest BCUT2D eigenvalue weighted by Gasteiger charge is 2.23. The number of carbonyl (C=O) groups excluding carboxylic acids is 2. The van der Waals surface area contributed by atoms with Crippen LogP contribution in [0.15, 0.2) is 107 Å². The molecule has 56 heavy (non-hydrogen) atoms. The first-order valence-corrected chi connectivity index (χ1v) is 19.9. The predicted octanol–water partition coefficient (Wildman–Crippen LogP) is 9.66. The summed E-state index contributed by atoms with van der Waals surface area (Å²) in [6.45, 7) is 3.57. The number of esters is 2. The van der Waals surface area contributed by atoms with Crippen molar-refractivity contribution in [1.82, 2.24) is 0 Å². The molecule has 4 aromatic carbocycles. The van der Waals surface area contributed by atoms with Crippen molar-refractivity contribution in [2.45, 2.75) is 76.4 Å². The van der Waals surface area contributed by atoms with Gasteiger partial charge in [-0.3, -0.25) is 9.98 Å². The van der Waals surface area contributed by atoms with Gasteiger partial charge in [0.15, 0.2) is 0 Å². The maximum absolute atomic E-state index is 12.5. The van der Waals surface area contributed by atoms with Crippen LogP contribution < -0.4 is 9.47 Å². The van der Waals surface area contributed by atoms with E-state index in [1.165, 1.54) is 25.7 Å². The van der Waals surface area contributed by atoms with Gasteiger partial charge in [-0.1, -0.05) is 75.6 Å². The largest absolute Gasteiger partial charge is 0.491 e. The van der Waals surface area contributed by atoms with Crippen LogP contribution >= 0.6 is 0 Å². The van der Waals surface area contributed by atoms with Gasteiger partial charge in [0.25, 0.3) is 0 Å². The van der Waals surface area contributed by atoms with Crippen LogP contribution in [0.4, 0.5) is 11.4 Å². The highest BCUT2D eigenvalue weighted by atomic mass is 16.6. The molecule has 2 saturated heterocycles. The van der Waals surface area contributed by atoms with Gasteiger partial charge >= 0.3 is 11.9 Å². The highest BCUT2D eigenvalue weighted by molar-refractivity contribution is 5.91. The number of hydrogen-bond donors (Lipinski definition) is 0. The molecule has 2 fully saturated rings. The van der Waals surface area contributed by atoms with E-state index in [9.17, 15) is 9.59 Å². The molecule has 10 nitrogen and oxygen atoms in total. The standard InChI is InChI=1S/C46H52N2O8/c49-45(37-15-11-35(12-16-37)29-47-39-19-23-41(24-20-39)53-31-43-33-55-43)51-27-9-7-5-3-1-2-4-6-8-10-28-52-46(50)38-17-13-36(14-18-38)30-48-40-21-25-42(26-22-40)54-32-44-34-56-44/h11-26,29-30,43-44H,1-10,27-28,31-34H2. The fourth-order valence-corrected chi connectivity index (χ4v) is 5.79. The van der Waals surface area contributed by atoms with E-state index in [-0.39, 0.29) is 24.1 Å². The van der Waals surface area contributed by atoms with Crippen molar-refractivity contribution in [2.75, 3.05) is 39.6 Å². The van der Waals surface area contributed by atoms with E-state index in [1.54, 1.807) is 36.7 Å². The average Bonchev–Trinajstić information content (AvgIpc) is 4.18. The molecule has 0 aromatic heterocycles. The van der Waals surface area contributed by atoms with Gasteiger partial charge in [0.05, 0.1) is 48.9 Å². The molecule has 2 atom stereocenters. The van der Waals surface area contributed by atoms with Crippen molar-refractivity contribution >= 4 is 35.7 Å². The summed E-state index contributed by atoms with van der Waals surface area (Å²) in [5, 5.41) is 0. The van der Waals surface area contributed by atoms with Gasteiger partial charge in [-0.05, 0) is 96.8 Å². The fourth-order valence-electron chi connectivity index (χ4n) is 5.79. The van der Waals surface area contributed by atoms with E-state index in [0.29, 0.717) is 37.6 Å². The van der Waals surface area contributed by atoms with Crippen molar-refractivity contribution in [1.29, 1.82) is 0 Å². The Morgan fingerprint density at radius 2 is 0.839 bits per heavy atom. The Morgan fingerprint density at radius 3 is 1.18 bits per heavy atom. The number of carbonyl (C=O) groups is 2. The molecule has 0 saturated carbocycles. The zero-order chi connectivity index (χ0) is 38.6. The Labute approximate surface area is 329 Å². The zero-order valence-corrected chi connectivity index (χ0v) is 32.0. The molecule has 0 spiro atoms. The lowest BCUT2D eigenvalue weighted by Gasteiger charge is -2.06. The third kappa shape index (κ3) is 15.1. The summed E-state index contributed by atoms with van der Waals surface area (Å²) in [6, 6.07) is 29.8. The van der Waals surface area contributed by atoms with E-state index in [0.717, 1.165) is 85.7 Å². The zero-order valence-electron chi connectivity index (χ0n) is 32.0. The minimum Gasteiger partial charge on any atom is -0.491 e. The van der Waals surface area contributed by atoms with Gasteiger partial charge in [0.1, 0.15) is 36.9 Å². The molecule has 0 bridgehead atoms. The van der Waals surface area contributed by atoms with Crippen molar-refractivity contribution < 1.29 is 38.0 Å². The maximum Gasteiger partial charge on any atom is 0.338 e. The summed E-state index contributed by atoms with van der Waals surface area (Å²) in [5.41, 5.74) is 4.53. The maximum atomic E-state index is 12.5. The number of aliphatic imine (C=N–C) groups is 2. The fraction of sp³-hybridized carbons (Fsp3) is 0.391. The number of rotatable bonds is 25. The number of hydrogen-bond acceptors (Lipinski definition) is 10. The molecule has 2 unspecified atom stereocenters. The van der Waals surface area contributed by atoms with Crippen LogP contribution in [0.5, 0.6) is 11.5 Å². The third-order valence-corrected chi connectivity index (χ3v) is 9.37. The average molecular weight is 761 g/mol. The molecule has 2 aliphatic heterocycles. The van der Waals surface area contributed by atoms with Gasteiger partial charge in [-0.15, -0.1) is 0 Å². The van der Waals surface area contributed by atoms with Gasteiger partial charge in [0, 0.05) is 12.4 Å². The van der Waals surface area contributed by atoms with Gasteiger partial charge in [-0.25, -0.2) is 9.59 Å². The highest BCUT2D eigenvalue weighted by Crippen LogP contribution is 2.22. The normalized spacial score (nSPS) is 15.9. The van der Waals surface area contributed by atoms with Crippen molar-refractivity contribution in [3.8, 4) is 11.5 Å². The molecular weight excluding hydrogens is 709 g/mol. The monoisotopic (exact) mass is 760 g/mol. The first kappa shape index (κ1) is 40.3. The van der Waals surface area contributed by atoms with Crippen LogP contribution in [-0.2, 0) is 18.9 Å². The van der Waals surface area contributed by atoms with E-state index in [1.807, 2.05) is 72.8 Å². The Bertz CT molecular complexity index is 1700. The molecule has 0 aliphatic carbocycles. The van der Waals surface area contributed by atoms with E-state index >= 15 is 0 Å². The van der Waals surface area contributed by atoms with Crippen LogP contribution in [0.1, 0.15) is 96.1 Å². The minimum absolute atomic E-state index is 0.229. The molecule has 0 radical (unpaired) electrons. The summed E-state index contributed by atoms with van der Waals surface area (Å²) in [4.78, 5) is 33.9. The second-order valence-electron chi connectivity index (χ2n) is 14.1. The van der Waals surface area contributed by atoms with Crippen molar-refractivity contribution in [3.05, 3.63) is 119 Å². The quantitative estimate of drug-likeness (QED) is 0.0284. The summed E-state index contributed by atoms with van der Waals surface area (Å²) < 4.78 is 32.6. The van der Waals surface area contributed by atoms with E-state index < -0.39 is 0 Å². The Balaban J connectivity index is 0.724. The Hall–Kier alpha value is -5.32. The molecule has 4 aromatic rings. The number of epoxide rings is 2. The third-order valence-electron chi connectivity index (χ3n) is 9.37. The molecule has 2 heterocycles. The van der Waals surface area contributed by atoms with Crippen LogP contribution in [0.25, 0.3) is 0 Å². The smallest absolute Gasteiger partial charge is 0.338 e. The number of unbranched alkanes of at least 4 members (excludes halogenated alkanes) is 9. The topological polar surface area (TPSA) is 121 Å². The molecule has 6 rings (SSSR count). The Morgan fingerprint density at radius 1 is 0.500 bits per heavy atom. The van der Waals surface area contributed by atoms with Crippen molar-refractivity contribution in [2.24, 2.45) is 9.98 Å². The lowest BCUT2D eigenvalue weighted by molar-refractivity contribution is 0.0488. The predicted molar refractivity (Wildman–Crippen MR) is 217 cm³/mol. The molecule has 0 amide bonds. The van der Waals surface area contributed by atoms with Crippen LogP contribution in [-0.4, -0.2) is 76.2 Å². The summed E-state index contributed by atoms with van der Waals surface area (Å²) >= 11 is 0. The molecule has 10 heteroatoms. The van der Waals surface area contributed by atoms with Crippen LogP contribution in [0, 0.1) is 0 Å². The molecule has 0 N–H and O–H groups in total. The van der Waals surface area contributed by atoms with Crippen LogP contribution in [0.3, 0.4) is 0 Å². The van der Waals surface area contributed by atoms with Crippen LogP contribution in [0.2, 0.25) is 0 Å². The number of ether oxygens (including phenoxy) is 6. The lowest BCUT2D eigenvalue weighted by Crippen LogP contribution is -2.06. The SMILES string of the molecule is O=C(OCCCCCCCCCCCCOC(=O)c1ccc(C=Nc2ccc(OCC3CO3)cc2)cc1)c1ccc(C=Nc2ccc(OCC3CO3)cc2)cc1. The molecular formula is C46H52N2O8. The second-order valence-corrected chi connectivity index (χ2v) is 14.1.